The second kappa shape index (κ2) is 10.5. The molecule has 1 unspecified atom stereocenters. The summed E-state index contributed by atoms with van der Waals surface area (Å²) in [5.74, 6) is 0.149. The lowest BCUT2D eigenvalue weighted by atomic mass is 10.3. The van der Waals surface area contributed by atoms with Gasteiger partial charge in [0.15, 0.2) is 11.0 Å². The Balaban J connectivity index is 1.46. The first kappa shape index (κ1) is 24.1. The number of hydrogen-bond acceptors (Lipinski definition) is 6. The molecule has 1 N–H and O–H groups in total. The molecule has 180 valence electrons. The standard InChI is InChI=1S/C23H24F3N5O2S/c1-16(21(32)27-17-9-11-19(12-10-17)33-23(24,25)26)34-22-29-28-20(15-30-13-5-6-14-30)31(22)18-7-3-2-4-8-18/h2-4,7-12,16H,5-6,13-15H2,1H3,(H,27,32). The van der Waals surface area contributed by atoms with E-state index in [2.05, 4.69) is 25.2 Å². The lowest BCUT2D eigenvalue weighted by Gasteiger charge is -2.17. The van der Waals surface area contributed by atoms with Crippen molar-refractivity contribution in [1.29, 1.82) is 0 Å². The zero-order valence-corrected chi connectivity index (χ0v) is 19.3. The van der Waals surface area contributed by atoms with Crippen LogP contribution in [0.1, 0.15) is 25.6 Å². The summed E-state index contributed by atoms with van der Waals surface area (Å²) in [6.45, 7) is 4.46. The van der Waals surface area contributed by atoms with Crippen molar-refractivity contribution in [2.45, 2.75) is 43.1 Å². The van der Waals surface area contributed by atoms with Crippen LogP contribution in [0.25, 0.3) is 5.69 Å². The van der Waals surface area contributed by atoms with Gasteiger partial charge in [-0.05, 0) is 69.3 Å². The third-order valence-electron chi connectivity index (χ3n) is 5.29. The van der Waals surface area contributed by atoms with Gasteiger partial charge >= 0.3 is 6.36 Å². The zero-order chi connectivity index (χ0) is 24.1. The molecule has 11 heteroatoms. The molecule has 0 radical (unpaired) electrons. The number of nitrogens with one attached hydrogen (secondary N) is 1. The van der Waals surface area contributed by atoms with Gasteiger partial charge in [-0.3, -0.25) is 14.3 Å². The second-order valence-corrected chi connectivity index (χ2v) is 9.18. The molecular weight excluding hydrogens is 467 g/mol. The van der Waals surface area contributed by atoms with Gasteiger partial charge in [0.2, 0.25) is 5.91 Å². The summed E-state index contributed by atoms with van der Waals surface area (Å²) in [5.41, 5.74) is 1.28. The minimum absolute atomic E-state index is 0.307. The molecule has 3 aromatic rings. The number of nitrogens with zero attached hydrogens (tertiary/aromatic N) is 4. The number of para-hydroxylation sites is 1. The highest BCUT2D eigenvalue weighted by molar-refractivity contribution is 8.00. The van der Waals surface area contributed by atoms with E-state index in [4.69, 9.17) is 0 Å². The predicted octanol–water partition coefficient (Wildman–Crippen LogP) is 4.88. The van der Waals surface area contributed by atoms with E-state index < -0.39 is 11.6 Å². The third kappa shape index (κ3) is 6.29. The van der Waals surface area contributed by atoms with Gasteiger partial charge in [-0.25, -0.2) is 0 Å². The quantitative estimate of drug-likeness (QED) is 0.453. The smallest absolute Gasteiger partial charge is 0.406 e. The first-order valence-corrected chi connectivity index (χ1v) is 11.7. The Labute approximate surface area is 199 Å². The van der Waals surface area contributed by atoms with E-state index in [0.717, 1.165) is 36.7 Å². The molecule has 2 heterocycles. The maximum absolute atomic E-state index is 12.8. The molecule has 0 bridgehead atoms. The molecule has 1 fully saturated rings. The number of aromatic nitrogens is 3. The monoisotopic (exact) mass is 491 g/mol. The molecule has 2 aromatic carbocycles. The average molecular weight is 492 g/mol. The fourth-order valence-corrected chi connectivity index (χ4v) is 4.54. The number of anilines is 1. The van der Waals surface area contributed by atoms with Crippen LogP contribution in [0.2, 0.25) is 0 Å². The van der Waals surface area contributed by atoms with E-state index in [-0.39, 0.29) is 11.7 Å². The summed E-state index contributed by atoms with van der Waals surface area (Å²) in [6, 6.07) is 14.8. The topological polar surface area (TPSA) is 72.3 Å². The third-order valence-corrected chi connectivity index (χ3v) is 6.33. The van der Waals surface area contributed by atoms with E-state index in [1.54, 1.807) is 6.92 Å². The first-order chi connectivity index (χ1) is 16.3. The molecule has 4 rings (SSSR count). The lowest BCUT2D eigenvalue weighted by Crippen LogP contribution is -2.23. The van der Waals surface area contributed by atoms with E-state index in [1.807, 2.05) is 34.9 Å². The van der Waals surface area contributed by atoms with Crippen LogP contribution in [0.15, 0.2) is 59.8 Å². The molecule has 0 aliphatic carbocycles. The molecular formula is C23H24F3N5O2S. The molecule has 1 aliphatic rings. The van der Waals surface area contributed by atoms with Gasteiger partial charge in [-0.2, -0.15) is 0 Å². The number of amides is 1. The highest BCUT2D eigenvalue weighted by Crippen LogP contribution is 2.28. The minimum Gasteiger partial charge on any atom is -0.406 e. The molecule has 0 saturated carbocycles. The molecule has 1 atom stereocenters. The van der Waals surface area contributed by atoms with Gasteiger partial charge in [0.05, 0.1) is 11.8 Å². The fourth-order valence-electron chi connectivity index (χ4n) is 3.65. The highest BCUT2D eigenvalue weighted by atomic mass is 32.2. The van der Waals surface area contributed by atoms with Crippen molar-refractivity contribution >= 4 is 23.4 Å². The maximum atomic E-state index is 12.8. The molecule has 34 heavy (non-hydrogen) atoms. The molecule has 1 aromatic heterocycles. The number of hydrogen-bond donors (Lipinski definition) is 1. The minimum atomic E-state index is -4.77. The number of alkyl halides is 3. The zero-order valence-electron chi connectivity index (χ0n) is 18.5. The number of carbonyl (C=O) groups is 1. The molecule has 0 spiro atoms. The average Bonchev–Trinajstić information content (AvgIpc) is 3.45. The number of thioether (sulfide) groups is 1. The molecule has 1 amide bonds. The van der Waals surface area contributed by atoms with Crippen LogP contribution in [0.5, 0.6) is 5.75 Å². The van der Waals surface area contributed by atoms with Gasteiger partial charge in [-0.1, -0.05) is 30.0 Å². The number of ether oxygens (including phenoxy) is 1. The highest BCUT2D eigenvalue weighted by Gasteiger charge is 2.31. The Morgan fingerprint density at radius 3 is 2.41 bits per heavy atom. The summed E-state index contributed by atoms with van der Waals surface area (Å²) in [7, 11) is 0. The number of rotatable bonds is 8. The van der Waals surface area contributed by atoms with Gasteiger partial charge in [0.25, 0.3) is 0 Å². The van der Waals surface area contributed by atoms with E-state index >= 15 is 0 Å². The summed E-state index contributed by atoms with van der Waals surface area (Å²) >= 11 is 1.27. The van der Waals surface area contributed by atoms with Crippen LogP contribution in [-0.2, 0) is 11.3 Å². The van der Waals surface area contributed by atoms with Crippen molar-refractivity contribution in [3.63, 3.8) is 0 Å². The maximum Gasteiger partial charge on any atom is 0.573 e. The van der Waals surface area contributed by atoms with Gasteiger partial charge in [0.1, 0.15) is 5.75 Å². The fraction of sp³-hybridized carbons (Fsp3) is 0.348. The molecule has 1 aliphatic heterocycles. The van der Waals surface area contributed by atoms with Gasteiger partial charge < -0.3 is 10.1 Å². The van der Waals surface area contributed by atoms with Crippen molar-refractivity contribution in [3.8, 4) is 11.4 Å². The van der Waals surface area contributed by atoms with Crippen LogP contribution >= 0.6 is 11.8 Å². The van der Waals surface area contributed by atoms with Gasteiger partial charge in [-0.15, -0.1) is 23.4 Å². The van der Waals surface area contributed by atoms with E-state index in [9.17, 15) is 18.0 Å². The Morgan fingerprint density at radius 1 is 1.09 bits per heavy atom. The van der Waals surface area contributed by atoms with Crippen molar-refractivity contribution < 1.29 is 22.7 Å². The molecule has 1 saturated heterocycles. The van der Waals surface area contributed by atoms with Crippen LogP contribution in [0, 0.1) is 0 Å². The summed E-state index contributed by atoms with van der Waals surface area (Å²) < 4.78 is 42.8. The lowest BCUT2D eigenvalue weighted by molar-refractivity contribution is -0.274. The van der Waals surface area contributed by atoms with Crippen molar-refractivity contribution in [1.82, 2.24) is 19.7 Å². The number of benzene rings is 2. The number of likely N-dealkylation sites (tertiary alicyclic amines) is 1. The summed E-state index contributed by atoms with van der Waals surface area (Å²) in [4.78, 5) is 15.1. The predicted molar refractivity (Wildman–Crippen MR) is 123 cm³/mol. The largest absolute Gasteiger partial charge is 0.573 e. The Bertz CT molecular complexity index is 1100. The number of carbonyl (C=O) groups excluding carboxylic acids is 1. The van der Waals surface area contributed by atoms with Crippen LogP contribution in [0.3, 0.4) is 0 Å². The van der Waals surface area contributed by atoms with Crippen molar-refractivity contribution in [2.75, 3.05) is 18.4 Å². The van der Waals surface area contributed by atoms with E-state index in [1.165, 1.54) is 36.7 Å². The Morgan fingerprint density at radius 2 is 1.76 bits per heavy atom. The van der Waals surface area contributed by atoms with Crippen LogP contribution < -0.4 is 10.1 Å². The first-order valence-electron chi connectivity index (χ1n) is 10.8. The van der Waals surface area contributed by atoms with Gasteiger partial charge in [0, 0.05) is 11.4 Å². The Kier molecular flexibility index (Phi) is 7.42. The second-order valence-electron chi connectivity index (χ2n) is 7.87. The SMILES string of the molecule is CC(Sc1nnc(CN2CCCC2)n1-c1ccccc1)C(=O)Nc1ccc(OC(F)(F)F)cc1. The summed E-state index contributed by atoms with van der Waals surface area (Å²) in [6.07, 6.45) is -2.43. The Hall–Kier alpha value is -3.05. The summed E-state index contributed by atoms with van der Waals surface area (Å²) in [5, 5.41) is 11.5. The van der Waals surface area contributed by atoms with Crippen molar-refractivity contribution in [2.24, 2.45) is 0 Å². The van der Waals surface area contributed by atoms with Crippen LogP contribution in [-0.4, -0.2) is 50.3 Å². The molecule has 7 nitrogen and oxygen atoms in total. The number of halogens is 3. The normalized spacial score (nSPS) is 15.3. The van der Waals surface area contributed by atoms with E-state index in [0.29, 0.717) is 17.4 Å². The van der Waals surface area contributed by atoms with Crippen molar-refractivity contribution in [3.05, 3.63) is 60.4 Å². The van der Waals surface area contributed by atoms with Crippen LogP contribution in [0.4, 0.5) is 18.9 Å².